The van der Waals surface area contributed by atoms with Gasteiger partial charge in [0, 0.05) is 17.0 Å². The van der Waals surface area contributed by atoms with E-state index in [4.69, 9.17) is 0 Å². The molecule has 0 aliphatic carbocycles. The lowest BCUT2D eigenvalue weighted by Gasteiger charge is -2.30. The number of nitrogens with zero attached hydrogens (tertiary/aromatic N) is 1. The fraction of sp³-hybridized carbons (Fsp3) is 0.750. The van der Waals surface area contributed by atoms with E-state index in [1.54, 1.807) is 0 Å². The number of hydrogen-bond acceptors (Lipinski definition) is 3. The SMILES string of the molecule is CCCNCCCC(C)N(C)C(C)Cc1cccs1. The van der Waals surface area contributed by atoms with E-state index in [0.717, 1.165) is 13.1 Å². The Kier molecular flexibility index (Phi) is 8.35. The van der Waals surface area contributed by atoms with Crippen LogP contribution in [-0.2, 0) is 6.42 Å². The quantitative estimate of drug-likeness (QED) is 0.657. The van der Waals surface area contributed by atoms with Crippen LogP contribution in [0.3, 0.4) is 0 Å². The molecule has 1 aromatic rings. The van der Waals surface area contributed by atoms with Crippen molar-refractivity contribution in [2.24, 2.45) is 0 Å². The van der Waals surface area contributed by atoms with E-state index >= 15 is 0 Å². The first kappa shape index (κ1) is 16.7. The highest BCUT2D eigenvalue weighted by molar-refractivity contribution is 7.09. The van der Waals surface area contributed by atoms with E-state index in [1.165, 1.54) is 30.6 Å². The molecule has 1 N–H and O–H groups in total. The summed E-state index contributed by atoms with van der Waals surface area (Å²) in [4.78, 5) is 4.02. The van der Waals surface area contributed by atoms with Crippen molar-refractivity contribution >= 4 is 11.3 Å². The van der Waals surface area contributed by atoms with E-state index in [2.05, 4.69) is 55.5 Å². The minimum atomic E-state index is 0.622. The Bertz CT molecular complexity index is 311. The second-order valence-electron chi connectivity index (χ2n) is 5.54. The van der Waals surface area contributed by atoms with Gasteiger partial charge in [-0.3, -0.25) is 0 Å². The van der Waals surface area contributed by atoms with Crippen LogP contribution < -0.4 is 5.32 Å². The smallest absolute Gasteiger partial charge is 0.0115 e. The lowest BCUT2D eigenvalue weighted by Crippen LogP contribution is -2.38. The first-order valence-electron chi connectivity index (χ1n) is 7.60. The first-order chi connectivity index (χ1) is 9.15. The van der Waals surface area contributed by atoms with Crippen molar-refractivity contribution in [2.45, 2.75) is 58.5 Å². The Balaban J connectivity index is 2.21. The van der Waals surface area contributed by atoms with Crippen LogP contribution in [0.4, 0.5) is 0 Å². The number of hydrogen-bond donors (Lipinski definition) is 1. The Morgan fingerprint density at radius 2 is 2.05 bits per heavy atom. The summed E-state index contributed by atoms with van der Waals surface area (Å²) < 4.78 is 0. The van der Waals surface area contributed by atoms with Crippen molar-refractivity contribution in [1.82, 2.24) is 10.2 Å². The standard InChI is InChI=1S/C16H30N2S/c1-5-10-17-11-6-8-14(2)18(4)15(3)13-16-9-7-12-19-16/h7,9,12,14-15,17H,5-6,8,10-11,13H2,1-4H3. The molecule has 0 aromatic carbocycles. The maximum Gasteiger partial charge on any atom is 0.0115 e. The van der Waals surface area contributed by atoms with Crippen molar-refractivity contribution in [3.63, 3.8) is 0 Å². The van der Waals surface area contributed by atoms with Gasteiger partial charge in [0.25, 0.3) is 0 Å². The fourth-order valence-corrected chi connectivity index (χ4v) is 3.15. The lowest BCUT2D eigenvalue weighted by molar-refractivity contribution is 0.184. The third kappa shape index (κ3) is 6.55. The van der Waals surface area contributed by atoms with Gasteiger partial charge < -0.3 is 10.2 Å². The van der Waals surface area contributed by atoms with Gasteiger partial charge in [-0.1, -0.05) is 13.0 Å². The molecule has 0 bridgehead atoms. The first-order valence-corrected chi connectivity index (χ1v) is 8.48. The van der Waals surface area contributed by atoms with Crippen molar-refractivity contribution in [3.05, 3.63) is 22.4 Å². The van der Waals surface area contributed by atoms with Crippen LogP contribution >= 0.6 is 11.3 Å². The predicted octanol–water partition coefficient (Wildman–Crippen LogP) is 3.78. The zero-order valence-corrected chi connectivity index (χ0v) is 13.8. The highest BCUT2D eigenvalue weighted by Gasteiger charge is 2.16. The van der Waals surface area contributed by atoms with Crippen LogP contribution in [-0.4, -0.2) is 37.1 Å². The molecule has 3 heteroatoms. The summed E-state index contributed by atoms with van der Waals surface area (Å²) in [6.07, 6.45) is 4.96. The highest BCUT2D eigenvalue weighted by atomic mass is 32.1. The topological polar surface area (TPSA) is 15.3 Å². The minimum absolute atomic E-state index is 0.622. The monoisotopic (exact) mass is 282 g/mol. The van der Waals surface area contributed by atoms with Gasteiger partial charge in [-0.25, -0.2) is 0 Å². The Morgan fingerprint density at radius 3 is 2.68 bits per heavy atom. The van der Waals surface area contributed by atoms with E-state index < -0.39 is 0 Å². The summed E-state index contributed by atoms with van der Waals surface area (Å²) in [5, 5.41) is 5.65. The van der Waals surface area contributed by atoms with Gasteiger partial charge in [0.1, 0.15) is 0 Å². The number of likely N-dealkylation sites (N-methyl/N-ethyl adjacent to an activating group) is 1. The van der Waals surface area contributed by atoms with Gasteiger partial charge in [-0.05, 0) is 71.1 Å². The Morgan fingerprint density at radius 1 is 1.26 bits per heavy atom. The normalized spacial score (nSPS) is 14.8. The largest absolute Gasteiger partial charge is 0.317 e. The lowest BCUT2D eigenvalue weighted by atomic mass is 10.1. The van der Waals surface area contributed by atoms with Crippen LogP contribution in [0.15, 0.2) is 17.5 Å². The molecule has 0 spiro atoms. The highest BCUT2D eigenvalue weighted by Crippen LogP contribution is 2.16. The molecule has 2 unspecified atom stereocenters. The third-order valence-electron chi connectivity index (χ3n) is 3.87. The molecular formula is C16H30N2S. The van der Waals surface area contributed by atoms with Crippen molar-refractivity contribution in [1.29, 1.82) is 0 Å². The number of thiophene rings is 1. The Labute approximate surface area is 123 Å². The molecule has 19 heavy (non-hydrogen) atoms. The molecule has 0 saturated heterocycles. The van der Waals surface area contributed by atoms with Gasteiger partial charge in [-0.15, -0.1) is 11.3 Å². The molecule has 110 valence electrons. The molecule has 2 nitrogen and oxygen atoms in total. The zero-order valence-electron chi connectivity index (χ0n) is 13.0. The van der Waals surface area contributed by atoms with Gasteiger partial charge in [0.2, 0.25) is 0 Å². The zero-order chi connectivity index (χ0) is 14.1. The fourth-order valence-electron chi connectivity index (χ4n) is 2.33. The second-order valence-corrected chi connectivity index (χ2v) is 6.57. The average Bonchev–Trinajstić information content (AvgIpc) is 2.90. The molecule has 0 aliphatic rings. The average molecular weight is 282 g/mol. The van der Waals surface area contributed by atoms with Gasteiger partial charge in [0.15, 0.2) is 0 Å². The van der Waals surface area contributed by atoms with Crippen molar-refractivity contribution < 1.29 is 0 Å². The molecule has 0 radical (unpaired) electrons. The minimum Gasteiger partial charge on any atom is -0.317 e. The second kappa shape index (κ2) is 9.51. The molecule has 0 amide bonds. The summed E-state index contributed by atoms with van der Waals surface area (Å²) in [5.74, 6) is 0. The summed E-state index contributed by atoms with van der Waals surface area (Å²) in [6.45, 7) is 9.22. The summed E-state index contributed by atoms with van der Waals surface area (Å²) in [6, 6.07) is 5.68. The molecule has 0 fully saturated rings. The van der Waals surface area contributed by atoms with Crippen LogP contribution in [0.5, 0.6) is 0 Å². The molecule has 1 aromatic heterocycles. The van der Waals surface area contributed by atoms with Crippen molar-refractivity contribution in [2.75, 3.05) is 20.1 Å². The third-order valence-corrected chi connectivity index (χ3v) is 4.77. The van der Waals surface area contributed by atoms with E-state index in [-0.39, 0.29) is 0 Å². The molecule has 1 heterocycles. The number of rotatable bonds is 10. The van der Waals surface area contributed by atoms with E-state index in [1.807, 2.05) is 11.3 Å². The maximum atomic E-state index is 3.48. The number of nitrogens with one attached hydrogen (secondary N) is 1. The summed E-state index contributed by atoms with van der Waals surface area (Å²) >= 11 is 1.87. The molecule has 0 saturated carbocycles. The van der Waals surface area contributed by atoms with Gasteiger partial charge >= 0.3 is 0 Å². The van der Waals surface area contributed by atoms with Gasteiger partial charge in [0.05, 0.1) is 0 Å². The molecular weight excluding hydrogens is 252 g/mol. The van der Waals surface area contributed by atoms with Gasteiger partial charge in [-0.2, -0.15) is 0 Å². The summed E-state index contributed by atoms with van der Waals surface area (Å²) in [5.41, 5.74) is 0. The van der Waals surface area contributed by atoms with Crippen LogP contribution in [0.1, 0.15) is 44.9 Å². The molecule has 1 rings (SSSR count). The van der Waals surface area contributed by atoms with Crippen LogP contribution in [0.2, 0.25) is 0 Å². The van der Waals surface area contributed by atoms with Crippen LogP contribution in [0.25, 0.3) is 0 Å². The molecule has 0 aliphatic heterocycles. The van der Waals surface area contributed by atoms with E-state index in [0.29, 0.717) is 12.1 Å². The maximum absolute atomic E-state index is 3.48. The molecule has 2 atom stereocenters. The van der Waals surface area contributed by atoms with Crippen LogP contribution in [0, 0.1) is 0 Å². The predicted molar refractivity (Wildman–Crippen MR) is 87.1 cm³/mol. The van der Waals surface area contributed by atoms with Crippen molar-refractivity contribution in [3.8, 4) is 0 Å². The summed E-state index contributed by atoms with van der Waals surface area (Å²) in [7, 11) is 2.27. The van der Waals surface area contributed by atoms with E-state index in [9.17, 15) is 0 Å². The Hall–Kier alpha value is -0.380.